The van der Waals surface area contributed by atoms with Crippen LogP contribution in [0.1, 0.15) is 36.1 Å². The molecule has 2 aromatic heterocycles. The van der Waals surface area contributed by atoms with Gasteiger partial charge < -0.3 is 9.73 Å². The molecule has 0 saturated heterocycles. The molecule has 0 unspecified atom stereocenters. The van der Waals surface area contributed by atoms with E-state index in [0.717, 1.165) is 30.0 Å². The van der Waals surface area contributed by atoms with Crippen LogP contribution in [0, 0.1) is 6.92 Å². The lowest BCUT2D eigenvalue weighted by Crippen LogP contribution is -2.06. The van der Waals surface area contributed by atoms with Crippen LogP contribution in [0.3, 0.4) is 0 Å². The zero-order valence-corrected chi connectivity index (χ0v) is 11.5. The van der Waals surface area contributed by atoms with E-state index < -0.39 is 0 Å². The Balaban J connectivity index is 2.13. The van der Waals surface area contributed by atoms with E-state index >= 15 is 0 Å². The molecule has 0 radical (unpaired) electrons. The maximum Gasteiger partial charge on any atom is 0.198 e. The largest absolute Gasteiger partial charge is 0.461 e. The highest BCUT2D eigenvalue weighted by atomic mass is 16.3. The first kappa shape index (κ1) is 12.2. The van der Waals surface area contributed by atoms with E-state index in [9.17, 15) is 0 Å². The first-order chi connectivity index (χ1) is 9.29. The standard InChI is InChI=1S/C15H19N3O/c1-10-8-9-19-13(10)15-17-12-7-5-3-4-6-11(12)14(16-2)18-15/h8-9H,3-7H2,1-2H3,(H,16,17,18). The second-order valence-corrected chi connectivity index (χ2v) is 5.06. The Morgan fingerprint density at radius 1 is 1.16 bits per heavy atom. The van der Waals surface area contributed by atoms with Crippen LogP contribution in [-0.2, 0) is 12.8 Å². The lowest BCUT2D eigenvalue weighted by Gasteiger charge is -2.12. The second kappa shape index (κ2) is 5.03. The number of furan rings is 1. The van der Waals surface area contributed by atoms with Gasteiger partial charge in [0.15, 0.2) is 11.6 Å². The van der Waals surface area contributed by atoms with Gasteiger partial charge in [0.25, 0.3) is 0 Å². The molecular formula is C15H19N3O. The van der Waals surface area contributed by atoms with Gasteiger partial charge in [-0.2, -0.15) is 0 Å². The number of nitrogens with zero attached hydrogens (tertiary/aromatic N) is 2. The quantitative estimate of drug-likeness (QED) is 0.838. The lowest BCUT2D eigenvalue weighted by atomic mass is 10.1. The SMILES string of the molecule is CNc1nc(-c2occc2C)nc2c1CCCCC2. The molecule has 2 aromatic rings. The highest BCUT2D eigenvalue weighted by Crippen LogP contribution is 2.29. The van der Waals surface area contributed by atoms with Crippen LogP contribution in [0.15, 0.2) is 16.7 Å². The highest BCUT2D eigenvalue weighted by molar-refractivity contribution is 5.58. The maximum atomic E-state index is 5.52. The van der Waals surface area contributed by atoms with Crippen LogP contribution in [0.2, 0.25) is 0 Å². The van der Waals surface area contributed by atoms with E-state index in [1.54, 1.807) is 6.26 Å². The van der Waals surface area contributed by atoms with Crippen molar-refractivity contribution in [1.29, 1.82) is 0 Å². The van der Waals surface area contributed by atoms with E-state index in [1.807, 2.05) is 20.0 Å². The van der Waals surface area contributed by atoms with Crippen LogP contribution in [0.25, 0.3) is 11.6 Å². The predicted molar refractivity (Wildman–Crippen MR) is 75.3 cm³/mol. The third kappa shape index (κ3) is 2.23. The van der Waals surface area contributed by atoms with Crippen molar-refractivity contribution >= 4 is 5.82 Å². The molecule has 0 saturated carbocycles. The number of nitrogens with one attached hydrogen (secondary N) is 1. The molecular weight excluding hydrogens is 238 g/mol. The van der Waals surface area contributed by atoms with Gasteiger partial charge in [0, 0.05) is 18.3 Å². The van der Waals surface area contributed by atoms with Gasteiger partial charge in [0.2, 0.25) is 0 Å². The Kier molecular flexibility index (Phi) is 3.23. The van der Waals surface area contributed by atoms with Gasteiger partial charge in [-0.1, -0.05) is 6.42 Å². The van der Waals surface area contributed by atoms with Crippen molar-refractivity contribution in [3.63, 3.8) is 0 Å². The summed E-state index contributed by atoms with van der Waals surface area (Å²) in [5.74, 6) is 2.44. The van der Waals surface area contributed by atoms with E-state index in [1.165, 1.54) is 30.5 Å². The Labute approximate surface area is 113 Å². The number of hydrogen-bond donors (Lipinski definition) is 1. The number of aryl methyl sites for hydroxylation is 2. The summed E-state index contributed by atoms with van der Waals surface area (Å²) in [4.78, 5) is 9.37. The zero-order chi connectivity index (χ0) is 13.2. The third-order valence-electron chi connectivity index (χ3n) is 3.74. The summed E-state index contributed by atoms with van der Waals surface area (Å²) in [5.41, 5.74) is 3.55. The van der Waals surface area contributed by atoms with Crippen molar-refractivity contribution in [3.05, 3.63) is 29.2 Å². The Morgan fingerprint density at radius 2 is 2.00 bits per heavy atom. The molecule has 19 heavy (non-hydrogen) atoms. The van der Waals surface area contributed by atoms with Gasteiger partial charge in [0.1, 0.15) is 5.82 Å². The average molecular weight is 257 g/mol. The summed E-state index contributed by atoms with van der Waals surface area (Å²) in [6.45, 7) is 2.02. The molecule has 0 aliphatic heterocycles. The molecule has 0 atom stereocenters. The summed E-state index contributed by atoms with van der Waals surface area (Å²) in [6.07, 6.45) is 7.52. The minimum Gasteiger partial charge on any atom is -0.461 e. The minimum atomic E-state index is 0.701. The van der Waals surface area contributed by atoms with Crippen LogP contribution in [0.4, 0.5) is 5.82 Å². The molecule has 4 heteroatoms. The van der Waals surface area contributed by atoms with E-state index in [-0.39, 0.29) is 0 Å². The van der Waals surface area contributed by atoms with Crippen molar-refractivity contribution < 1.29 is 4.42 Å². The molecule has 4 nitrogen and oxygen atoms in total. The first-order valence-electron chi connectivity index (χ1n) is 6.91. The van der Waals surface area contributed by atoms with Gasteiger partial charge in [-0.25, -0.2) is 9.97 Å². The summed E-state index contributed by atoms with van der Waals surface area (Å²) in [5, 5.41) is 3.21. The smallest absolute Gasteiger partial charge is 0.198 e. The third-order valence-corrected chi connectivity index (χ3v) is 3.74. The molecule has 0 fully saturated rings. The minimum absolute atomic E-state index is 0.701. The molecule has 0 spiro atoms. The molecule has 0 amide bonds. The summed E-state index contributed by atoms with van der Waals surface area (Å²) in [6, 6.07) is 1.95. The van der Waals surface area contributed by atoms with Crippen molar-refractivity contribution in [1.82, 2.24) is 9.97 Å². The van der Waals surface area contributed by atoms with Gasteiger partial charge in [-0.15, -0.1) is 0 Å². The molecule has 1 aliphatic rings. The lowest BCUT2D eigenvalue weighted by molar-refractivity contribution is 0.575. The molecule has 2 heterocycles. The van der Waals surface area contributed by atoms with Crippen molar-refractivity contribution in [2.24, 2.45) is 0 Å². The highest BCUT2D eigenvalue weighted by Gasteiger charge is 2.18. The Morgan fingerprint density at radius 3 is 2.74 bits per heavy atom. The van der Waals surface area contributed by atoms with Gasteiger partial charge in [-0.3, -0.25) is 0 Å². The number of hydrogen-bond acceptors (Lipinski definition) is 4. The molecule has 0 bridgehead atoms. The normalized spacial score (nSPS) is 14.8. The maximum absolute atomic E-state index is 5.52. The molecule has 1 N–H and O–H groups in total. The van der Waals surface area contributed by atoms with Crippen molar-refractivity contribution in [2.75, 3.05) is 12.4 Å². The van der Waals surface area contributed by atoms with Crippen LogP contribution in [0.5, 0.6) is 0 Å². The summed E-state index contributed by atoms with van der Waals surface area (Å²) < 4.78 is 5.52. The fourth-order valence-corrected chi connectivity index (χ4v) is 2.68. The van der Waals surface area contributed by atoms with E-state index in [4.69, 9.17) is 9.40 Å². The molecule has 0 aromatic carbocycles. The fourth-order valence-electron chi connectivity index (χ4n) is 2.68. The second-order valence-electron chi connectivity index (χ2n) is 5.06. The Hall–Kier alpha value is -1.84. The number of aromatic nitrogens is 2. The van der Waals surface area contributed by atoms with E-state index in [2.05, 4.69) is 10.3 Å². The van der Waals surface area contributed by atoms with Crippen LogP contribution < -0.4 is 5.32 Å². The summed E-state index contributed by atoms with van der Waals surface area (Å²) >= 11 is 0. The van der Waals surface area contributed by atoms with Gasteiger partial charge in [0.05, 0.1) is 6.26 Å². The van der Waals surface area contributed by atoms with Gasteiger partial charge in [-0.05, 0) is 44.2 Å². The van der Waals surface area contributed by atoms with Crippen molar-refractivity contribution in [2.45, 2.75) is 39.0 Å². The summed E-state index contributed by atoms with van der Waals surface area (Å²) in [7, 11) is 1.92. The first-order valence-corrected chi connectivity index (χ1v) is 6.91. The zero-order valence-electron chi connectivity index (χ0n) is 11.5. The average Bonchev–Trinajstić information content (AvgIpc) is 2.71. The Bertz CT molecular complexity index is 589. The molecule has 100 valence electrons. The fraction of sp³-hybridized carbons (Fsp3) is 0.467. The predicted octanol–water partition coefficient (Wildman–Crippen LogP) is 3.36. The molecule has 3 rings (SSSR count). The van der Waals surface area contributed by atoms with E-state index in [0.29, 0.717) is 5.82 Å². The number of anilines is 1. The van der Waals surface area contributed by atoms with Crippen molar-refractivity contribution in [3.8, 4) is 11.6 Å². The molecule has 1 aliphatic carbocycles. The van der Waals surface area contributed by atoms with Gasteiger partial charge >= 0.3 is 0 Å². The monoisotopic (exact) mass is 257 g/mol. The van der Waals surface area contributed by atoms with Crippen LogP contribution >= 0.6 is 0 Å². The number of rotatable bonds is 2. The topological polar surface area (TPSA) is 51.0 Å². The van der Waals surface area contributed by atoms with Crippen LogP contribution in [-0.4, -0.2) is 17.0 Å². The number of fused-ring (bicyclic) bond motifs is 1.